The van der Waals surface area contributed by atoms with Gasteiger partial charge in [0.1, 0.15) is 12.4 Å². The Balaban J connectivity index is 2.51. The molecule has 2 N–H and O–H groups in total. The first-order valence-corrected chi connectivity index (χ1v) is 3.33. The van der Waals surface area contributed by atoms with Gasteiger partial charge >= 0.3 is 0 Å². The molecule has 11 heavy (non-hydrogen) atoms. The lowest BCUT2D eigenvalue weighted by Crippen LogP contribution is -2.19. The number of para-hydroxylation sites is 1. The molecular formula is C8H10O3. The van der Waals surface area contributed by atoms with Gasteiger partial charge in [0.15, 0.2) is 0 Å². The van der Waals surface area contributed by atoms with Crippen molar-refractivity contribution < 1.29 is 14.9 Å². The minimum absolute atomic E-state index is 0.394. The van der Waals surface area contributed by atoms with Crippen molar-refractivity contribution in [1.82, 2.24) is 0 Å². The lowest BCUT2D eigenvalue weighted by molar-refractivity contribution is -0.0548. The highest BCUT2D eigenvalue weighted by Crippen LogP contribution is 2.09. The van der Waals surface area contributed by atoms with Gasteiger partial charge in [0.05, 0.1) is 0 Å². The Hall–Kier alpha value is -1.06. The molecule has 1 aromatic carbocycles. The lowest BCUT2D eigenvalue weighted by Gasteiger charge is -2.09. The summed E-state index contributed by atoms with van der Waals surface area (Å²) in [6.45, 7) is -0.394. The molecule has 0 bridgehead atoms. The minimum Gasteiger partial charge on any atom is -0.463 e. The smallest absolute Gasteiger partial charge is 0.220 e. The molecule has 0 aliphatic carbocycles. The van der Waals surface area contributed by atoms with Crippen LogP contribution in [0.15, 0.2) is 30.3 Å². The molecular weight excluding hydrogens is 144 g/mol. The summed E-state index contributed by atoms with van der Waals surface area (Å²) in [5.74, 6) is 0.550. The van der Waals surface area contributed by atoms with Crippen LogP contribution < -0.4 is 4.74 Å². The monoisotopic (exact) mass is 154 g/mol. The molecule has 1 rings (SSSR count). The van der Waals surface area contributed by atoms with Crippen LogP contribution in [0.5, 0.6) is 5.75 Å². The maximum Gasteiger partial charge on any atom is 0.220 e. The summed E-state index contributed by atoms with van der Waals surface area (Å²) in [4.78, 5) is 0. The topological polar surface area (TPSA) is 49.7 Å². The molecule has 0 saturated carbocycles. The first-order valence-electron chi connectivity index (χ1n) is 3.33. The number of hydrogen-bond acceptors (Lipinski definition) is 3. The first-order chi connectivity index (χ1) is 5.33. The SMILES string of the molecule is OC[C@H](O)Oc1ccccc1. The standard InChI is InChI=1S/C8H10O3/c9-6-8(10)11-7-4-2-1-3-5-7/h1-5,8-10H,6H2/t8-/m1/s1. The maximum atomic E-state index is 8.84. The third-order valence-corrected chi connectivity index (χ3v) is 1.17. The van der Waals surface area contributed by atoms with Crippen LogP contribution in [0.3, 0.4) is 0 Å². The van der Waals surface area contributed by atoms with E-state index in [1.165, 1.54) is 0 Å². The van der Waals surface area contributed by atoms with Gasteiger partial charge in [-0.05, 0) is 12.1 Å². The summed E-state index contributed by atoms with van der Waals surface area (Å²) >= 11 is 0. The van der Waals surface area contributed by atoms with Gasteiger partial charge in [0.25, 0.3) is 0 Å². The Kier molecular flexibility index (Phi) is 2.89. The van der Waals surface area contributed by atoms with Gasteiger partial charge in [-0.25, -0.2) is 0 Å². The predicted molar refractivity (Wildman–Crippen MR) is 40.2 cm³/mol. The molecule has 0 aliphatic heterocycles. The molecule has 0 amide bonds. The summed E-state index contributed by atoms with van der Waals surface area (Å²) in [5.41, 5.74) is 0. The number of aliphatic hydroxyl groups is 2. The van der Waals surface area contributed by atoms with Crippen LogP contribution in [-0.4, -0.2) is 23.1 Å². The Labute approximate surface area is 64.9 Å². The van der Waals surface area contributed by atoms with Crippen molar-refractivity contribution in [2.45, 2.75) is 6.29 Å². The summed E-state index contributed by atoms with van der Waals surface area (Å²) in [7, 11) is 0. The average Bonchev–Trinajstić information content (AvgIpc) is 2.06. The second-order valence-electron chi connectivity index (χ2n) is 2.07. The number of benzene rings is 1. The Bertz CT molecular complexity index is 198. The van der Waals surface area contributed by atoms with Gasteiger partial charge in [-0.15, -0.1) is 0 Å². The van der Waals surface area contributed by atoms with Gasteiger partial charge < -0.3 is 14.9 Å². The second kappa shape index (κ2) is 3.95. The third kappa shape index (κ3) is 2.57. The molecule has 0 fully saturated rings. The Morgan fingerprint density at radius 3 is 2.45 bits per heavy atom. The zero-order chi connectivity index (χ0) is 8.10. The van der Waals surface area contributed by atoms with E-state index in [0.29, 0.717) is 5.75 Å². The van der Waals surface area contributed by atoms with E-state index in [4.69, 9.17) is 14.9 Å². The second-order valence-corrected chi connectivity index (χ2v) is 2.07. The van der Waals surface area contributed by atoms with Crippen LogP contribution in [0, 0.1) is 0 Å². The van der Waals surface area contributed by atoms with E-state index in [2.05, 4.69) is 0 Å². The molecule has 0 heterocycles. The normalized spacial score (nSPS) is 12.5. The van der Waals surface area contributed by atoms with Crippen LogP contribution >= 0.6 is 0 Å². The third-order valence-electron chi connectivity index (χ3n) is 1.17. The molecule has 0 unspecified atom stereocenters. The predicted octanol–water partition coefficient (Wildman–Crippen LogP) is 0.376. The molecule has 0 radical (unpaired) electrons. The van der Waals surface area contributed by atoms with Gasteiger partial charge in [-0.3, -0.25) is 0 Å². The average molecular weight is 154 g/mol. The molecule has 60 valence electrons. The van der Waals surface area contributed by atoms with E-state index < -0.39 is 12.9 Å². The number of rotatable bonds is 3. The van der Waals surface area contributed by atoms with Gasteiger partial charge in [0.2, 0.25) is 6.29 Å². The van der Waals surface area contributed by atoms with Crippen LogP contribution in [0.4, 0.5) is 0 Å². The quantitative estimate of drug-likeness (QED) is 0.618. The van der Waals surface area contributed by atoms with E-state index in [0.717, 1.165) is 0 Å². The van der Waals surface area contributed by atoms with E-state index in [-0.39, 0.29) is 0 Å². The Morgan fingerprint density at radius 2 is 1.91 bits per heavy atom. The number of ether oxygens (including phenoxy) is 1. The maximum absolute atomic E-state index is 8.84. The fraction of sp³-hybridized carbons (Fsp3) is 0.250. The van der Waals surface area contributed by atoms with E-state index in [9.17, 15) is 0 Å². The molecule has 1 atom stereocenters. The van der Waals surface area contributed by atoms with Crippen molar-refractivity contribution >= 4 is 0 Å². The van der Waals surface area contributed by atoms with Crippen molar-refractivity contribution in [1.29, 1.82) is 0 Å². The van der Waals surface area contributed by atoms with Crippen LogP contribution in [0.25, 0.3) is 0 Å². The van der Waals surface area contributed by atoms with Crippen LogP contribution in [0.2, 0.25) is 0 Å². The fourth-order valence-electron chi connectivity index (χ4n) is 0.693. The fourth-order valence-corrected chi connectivity index (χ4v) is 0.693. The first kappa shape index (κ1) is 8.04. The number of aliphatic hydroxyl groups excluding tert-OH is 2. The lowest BCUT2D eigenvalue weighted by atomic mass is 10.3. The molecule has 0 aliphatic rings. The summed E-state index contributed by atoms with van der Waals surface area (Å²) in [6.07, 6.45) is -1.13. The zero-order valence-corrected chi connectivity index (χ0v) is 5.97. The molecule has 0 saturated heterocycles. The van der Waals surface area contributed by atoms with Gasteiger partial charge in [0, 0.05) is 0 Å². The summed E-state index contributed by atoms with van der Waals surface area (Å²) in [5, 5.41) is 17.3. The van der Waals surface area contributed by atoms with Crippen molar-refractivity contribution in [2.75, 3.05) is 6.61 Å². The zero-order valence-electron chi connectivity index (χ0n) is 5.97. The van der Waals surface area contributed by atoms with E-state index >= 15 is 0 Å². The van der Waals surface area contributed by atoms with Crippen LogP contribution in [-0.2, 0) is 0 Å². The molecule has 0 spiro atoms. The highest BCUT2D eigenvalue weighted by molar-refractivity contribution is 5.20. The van der Waals surface area contributed by atoms with Gasteiger partial charge in [-0.1, -0.05) is 18.2 Å². The molecule has 3 nitrogen and oxygen atoms in total. The van der Waals surface area contributed by atoms with Crippen molar-refractivity contribution in [3.05, 3.63) is 30.3 Å². The number of hydrogen-bond donors (Lipinski definition) is 2. The molecule has 3 heteroatoms. The highest BCUT2D eigenvalue weighted by Gasteiger charge is 2.00. The summed E-state index contributed by atoms with van der Waals surface area (Å²) in [6, 6.07) is 8.84. The Morgan fingerprint density at radius 1 is 1.27 bits per heavy atom. The van der Waals surface area contributed by atoms with Crippen molar-refractivity contribution in [2.24, 2.45) is 0 Å². The highest BCUT2D eigenvalue weighted by atomic mass is 16.6. The largest absolute Gasteiger partial charge is 0.463 e. The van der Waals surface area contributed by atoms with Gasteiger partial charge in [-0.2, -0.15) is 0 Å². The van der Waals surface area contributed by atoms with E-state index in [1.54, 1.807) is 24.3 Å². The summed E-state index contributed by atoms with van der Waals surface area (Å²) < 4.78 is 4.87. The minimum atomic E-state index is -1.13. The van der Waals surface area contributed by atoms with Crippen LogP contribution in [0.1, 0.15) is 0 Å². The van der Waals surface area contributed by atoms with E-state index in [1.807, 2.05) is 6.07 Å². The van der Waals surface area contributed by atoms with Crippen molar-refractivity contribution in [3.63, 3.8) is 0 Å². The molecule has 0 aromatic heterocycles. The van der Waals surface area contributed by atoms with Crippen molar-refractivity contribution in [3.8, 4) is 5.75 Å². The molecule has 1 aromatic rings.